The number of carbonyl (C=O) groups is 1. The van der Waals surface area contributed by atoms with Gasteiger partial charge in [-0.1, -0.05) is 0 Å². The number of nitrogens with two attached hydrogens (primary N) is 1. The van der Waals surface area contributed by atoms with Gasteiger partial charge in [-0.3, -0.25) is 0 Å². The summed E-state index contributed by atoms with van der Waals surface area (Å²) in [6.07, 6.45) is 0. The third kappa shape index (κ3) is 1.29. The van der Waals surface area contributed by atoms with E-state index in [1.165, 1.54) is 0 Å². The van der Waals surface area contributed by atoms with Crippen molar-refractivity contribution >= 4 is 11.7 Å². The largest absolute Gasteiger partial charge is 0.507 e. The molecule has 1 aromatic rings. The molecule has 5 heteroatoms. The van der Waals surface area contributed by atoms with Crippen molar-refractivity contribution in [2.24, 2.45) is 0 Å². The third-order valence-corrected chi connectivity index (χ3v) is 1.35. The molecule has 0 aliphatic rings. The van der Waals surface area contributed by atoms with E-state index in [2.05, 4.69) is 0 Å². The SMILES string of the molecule is Nc1cc(O)c(C(=O)O)cc1F. The highest BCUT2D eigenvalue weighted by molar-refractivity contribution is 5.91. The molecule has 0 heterocycles. The molecule has 1 rings (SSSR count). The van der Waals surface area contributed by atoms with Crippen LogP contribution in [0.5, 0.6) is 5.75 Å². The van der Waals surface area contributed by atoms with Crippen molar-refractivity contribution in [3.8, 4) is 5.75 Å². The molecule has 0 aliphatic heterocycles. The number of aromatic carboxylic acids is 1. The molecule has 0 saturated carbocycles. The minimum atomic E-state index is -1.40. The summed E-state index contributed by atoms with van der Waals surface area (Å²) in [7, 11) is 0. The fraction of sp³-hybridized carbons (Fsp3) is 0. The first-order valence-electron chi connectivity index (χ1n) is 3.03. The Balaban J connectivity index is 3.33. The topological polar surface area (TPSA) is 83.5 Å². The van der Waals surface area contributed by atoms with E-state index < -0.39 is 23.1 Å². The summed E-state index contributed by atoms with van der Waals surface area (Å²) < 4.78 is 12.6. The molecule has 4 N–H and O–H groups in total. The van der Waals surface area contributed by atoms with Gasteiger partial charge in [-0.15, -0.1) is 0 Å². The fourth-order valence-corrected chi connectivity index (χ4v) is 0.749. The van der Waals surface area contributed by atoms with Crippen molar-refractivity contribution < 1.29 is 19.4 Å². The lowest BCUT2D eigenvalue weighted by molar-refractivity contribution is 0.0693. The summed E-state index contributed by atoms with van der Waals surface area (Å²) in [4.78, 5) is 10.3. The van der Waals surface area contributed by atoms with Crippen LogP contribution < -0.4 is 5.73 Å². The summed E-state index contributed by atoms with van der Waals surface area (Å²) in [5.74, 6) is -2.79. The zero-order valence-corrected chi connectivity index (χ0v) is 5.91. The molecule has 0 atom stereocenters. The maximum atomic E-state index is 12.6. The van der Waals surface area contributed by atoms with Gasteiger partial charge in [-0.25, -0.2) is 9.18 Å². The van der Waals surface area contributed by atoms with Gasteiger partial charge >= 0.3 is 5.97 Å². The molecule has 0 aliphatic carbocycles. The van der Waals surface area contributed by atoms with Crippen LogP contribution in [-0.2, 0) is 0 Å². The Labute approximate surface area is 67.1 Å². The summed E-state index contributed by atoms with van der Waals surface area (Å²) in [5, 5.41) is 17.4. The van der Waals surface area contributed by atoms with E-state index in [9.17, 15) is 9.18 Å². The number of hydrogen-bond acceptors (Lipinski definition) is 3. The van der Waals surface area contributed by atoms with Gasteiger partial charge in [0.1, 0.15) is 17.1 Å². The van der Waals surface area contributed by atoms with Gasteiger partial charge in [0.05, 0.1) is 5.69 Å². The highest BCUT2D eigenvalue weighted by atomic mass is 19.1. The maximum absolute atomic E-state index is 12.6. The number of rotatable bonds is 1. The summed E-state index contributed by atoms with van der Waals surface area (Å²) in [6, 6.07) is 1.53. The average Bonchev–Trinajstić information content (AvgIpc) is 1.96. The molecule has 0 aromatic heterocycles. The highest BCUT2D eigenvalue weighted by Crippen LogP contribution is 2.22. The summed E-state index contributed by atoms with van der Waals surface area (Å²) >= 11 is 0. The zero-order chi connectivity index (χ0) is 9.30. The Morgan fingerprint density at radius 2 is 2.08 bits per heavy atom. The lowest BCUT2D eigenvalue weighted by Crippen LogP contribution is -2.00. The van der Waals surface area contributed by atoms with E-state index >= 15 is 0 Å². The van der Waals surface area contributed by atoms with Gasteiger partial charge in [0.15, 0.2) is 0 Å². The second-order valence-corrected chi connectivity index (χ2v) is 2.20. The molecule has 0 radical (unpaired) electrons. The smallest absolute Gasteiger partial charge is 0.339 e. The normalized spacial score (nSPS) is 9.75. The second kappa shape index (κ2) is 2.69. The van der Waals surface area contributed by atoms with Crippen LogP contribution in [0.2, 0.25) is 0 Å². The van der Waals surface area contributed by atoms with E-state index in [-0.39, 0.29) is 5.69 Å². The van der Waals surface area contributed by atoms with Crippen LogP contribution in [0.25, 0.3) is 0 Å². The maximum Gasteiger partial charge on any atom is 0.339 e. The zero-order valence-electron chi connectivity index (χ0n) is 5.91. The Morgan fingerprint density at radius 3 is 2.58 bits per heavy atom. The molecular weight excluding hydrogens is 165 g/mol. The minimum absolute atomic E-state index is 0.280. The van der Waals surface area contributed by atoms with E-state index in [0.717, 1.165) is 6.07 Å². The Morgan fingerprint density at radius 1 is 1.50 bits per heavy atom. The molecule has 0 amide bonds. The predicted octanol–water partition coefficient (Wildman–Crippen LogP) is 0.812. The molecule has 0 spiro atoms. The van der Waals surface area contributed by atoms with Gasteiger partial charge in [0, 0.05) is 6.07 Å². The highest BCUT2D eigenvalue weighted by Gasteiger charge is 2.12. The van der Waals surface area contributed by atoms with Crippen LogP contribution in [0.15, 0.2) is 12.1 Å². The van der Waals surface area contributed by atoms with E-state index in [0.29, 0.717) is 6.07 Å². The predicted molar refractivity (Wildman–Crippen MR) is 39.4 cm³/mol. The summed E-state index contributed by atoms with van der Waals surface area (Å²) in [5.41, 5.74) is 4.28. The van der Waals surface area contributed by atoms with Gasteiger partial charge < -0.3 is 15.9 Å². The first kappa shape index (κ1) is 8.32. The van der Waals surface area contributed by atoms with Crippen LogP contribution in [-0.4, -0.2) is 16.2 Å². The quantitative estimate of drug-likeness (QED) is 0.546. The number of phenols is 1. The molecule has 4 nitrogen and oxygen atoms in total. The van der Waals surface area contributed by atoms with Gasteiger partial charge in [-0.2, -0.15) is 0 Å². The van der Waals surface area contributed by atoms with Gasteiger partial charge in [-0.05, 0) is 6.07 Å². The lowest BCUT2D eigenvalue weighted by Gasteiger charge is -2.01. The number of nitrogen functional groups attached to an aromatic ring is 1. The van der Waals surface area contributed by atoms with Crippen LogP contribution in [0.1, 0.15) is 10.4 Å². The molecule has 12 heavy (non-hydrogen) atoms. The summed E-state index contributed by atoms with van der Waals surface area (Å²) in [6.45, 7) is 0. The molecule has 64 valence electrons. The minimum Gasteiger partial charge on any atom is -0.507 e. The molecule has 0 saturated heterocycles. The number of aromatic hydroxyl groups is 1. The van der Waals surface area contributed by atoms with E-state index in [1.807, 2.05) is 0 Å². The van der Waals surface area contributed by atoms with Crippen molar-refractivity contribution in [1.29, 1.82) is 0 Å². The molecule has 1 aromatic carbocycles. The van der Waals surface area contributed by atoms with Crippen LogP contribution in [0.3, 0.4) is 0 Å². The Kier molecular flexibility index (Phi) is 1.86. The molecule has 0 unspecified atom stereocenters. The van der Waals surface area contributed by atoms with E-state index in [1.54, 1.807) is 0 Å². The van der Waals surface area contributed by atoms with Crippen molar-refractivity contribution in [3.05, 3.63) is 23.5 Å². The van der Waals surface area contributed by atoms with Crippen LogP contribution >= 0.6 is 0 Å². The van der Waals surface area contributed by atoms with Crippen molar-refractivity contribution in [2.45, 2.75) is 0 Å². The van der Waals surface area contributed by atoms with Gasteiger partial charge in [0.2, 0.25) is 0 Å². The molecular formula is C7H6FNO3. The third-order valence-electron chi connectivity index (χ3n) is 1.35. The standard InChI is InChI=1S/C7H6FNO3/c8-4-1-3(7(11)12)6(10)2-5(4)9/h1-2,10H,9H2,(H,11,12). The monoisotopic (exact) mass is 171 g/mol. The Hall–Kier alpha value is -1.78. The number of anilines is 1. The second-order valence-electron chi connectivity index (χ2n) is 2.20. The van der Waals surface area contributed by atoms with Crippen LogP contribution in [0, 0.1) is 5.82 Å². The Bertz CT molecular complexity index is 338. The van der Waals surface area contributed by atoms with E-state index in [4.69, 9.17) is 15.9 Å². The molecule has 0 fully saturated rings. The number of carboxylic acid groups (broad SMARTS) is 1. The number of carboxylic acids is 1. The van der Waals surface area contributed by atoms with Crippen molar-refractivity contribution in [1.82, 2.24) is 0 Å². The lowest BCUT2D eigenvalue weighted by atomic mass is 10.2. The fourth-order valence-electron chi connectivity index (χ4n) is 0.749. The van der Waals surface area contributed by atoms with Crippen molar-refractivity contribution in [2.75, 3.05) is 5.73 Å². The van der Waals surface area contributed by atoms with Gasteiger partial charge in [0.25, 0.3) is 0 Å². The molecule has 0 bridgehead atoms. The van der Waals surface area contributed by atoms with Crippen molar-refractivity contribution in [3.63, 3.8) is 0 Å². The van der Waals surface area contributed by atoms with Crippen LogP contribution in [0.4, 0.5) is 10.1 Å². The number of hydrogen-bond donors (Lipinski definition) is 3. The first-order chi connectivity index (χ1) is 5.52. The first-order valence-corrected chi connectivity index (χ1v) is 3.03. The number of benzene rings is 1. The number of halogens is 1. The average molecular weight is 171 g/mol.